The average Bonchev–Trinajstić information content (AvgIpc) is 3.95. The highest BCUT2D eigenvalue weighted by Crippen LogP contribution is 2.53. The number of benzene rings is 8. The molecule has 55 heavy (non-hydrogen) atoms. The third kappa shape index (κ3) is 3.39. The number of nitrogens with zero attached hydrogens (tertiary/aromatic N) is 4. The highest BCUT2D eigenvalue weighted by molar-refractivity contribution is 6.25. The second kappa shape index (κ2) is 9.99. The van der Waals surface area contributed by atoms with Crippen molar-refractivity contribution in [3.63, 3.8) is 0 Å². The van der Waals surface area contributed by atoms with Crippen LogP contribution in [0.4, 0.5) is 0 Å². The molecule has 4 aromatic heterocycles. The van der Waals surface area contributed by atoms with E-state index in [1.165, 1.54) is 60.4 Å². The van der Waals surface area contributed by atoms with Gasteiger partial charge in [0, 0.05) is 43.4 Å². The zero-order chi connectivity index (χ0) is 36.2. The van der Waals surface area contributed by atoms with Gasteiger partial charge in [0.2, 0.25) is 0 Å². The Morgan fingerprint density at radius 2 is 1.13 bits per heavy atom. The van der Waals surface area contributed by atoms with E-state index < -0.39 is 0 Å². The molecule has 0 saturated carbocycles. The summed E-state index contributed by atoms with van der Waals surface area (Å²) in [7, 11) is 0. The first-order valence-electron chi connectivity index (χ1n) is 18.9. The minimum atomic E-state index is -0.306. The standard InChI is InChI=1S/C51H30N4/c1-51(31-12-3-2-4-13-31)40-18-8-5-14-33(40)34-24-23-32(26-41(34)51)53-42-19-9-7-16-36(42)38-27-39-47(28-46(38)53)55-44-21-11-17-37-35-15-6-10-20-43(35)54(49(37)44)45-25-22-30(29-52)48(39)50(45)55/h2-28H,1H3. The maximum Gasteiger partial charge on any atom is 0.0999 e. The van der Waals surface area contributed by atoms with Crippen molar-refractivity contribution in [2.24, 2.45) is 0 Å². The zero-order valence-corrected chi connectivity index (χ0v) is 29.9. The summed E-state index contributed by atoms with van der Waals surface area (Å²) in [5.74, 6) is 0. The van der Waals surface area contributed by atoms with Crippen LogP contribution in [0.5, 0.6) is 0 Å². The van der Waals surface area contributed by atoms with E-state index in [4.69, 9.17) is 0 Å². The predicted octanol–water partition coefficient (Wildman–Crippen LogP) is 12.5. The molecule has 0 saturated heterocycles. The Morgan fingerprint density at radius 1 is 0.455 bits per heavy atom. The summed E-state index contributed by atoms with van der Waals surface area (Å²) in [4.78, 5) is 0. The van der Waals surface area contributed by atoms with Crippen LogP contribution in [-0.4, -0.2) is 13.4 Å². The molecule has 4 heteroatoms. The van der Waals surface area contributed by atoms with Crippen molar-refractivity contribution in [1.29, 1.82) is 5.26 Å². The van der Waals surface area contributed by atoms with Gasteiger partial charge in [0.1, 0.15) is 0 Å². The molecule has 0 radical (unpaired) electrons. The van der Waals surface area contributed by atoms with Gasteiger partial charge in [-0.15, -0.1) is 0 Å². The second-order valence-corrected chi connectivity index (χ2v) is 15.3. The van der Waals surface area contributed by atoms with Crippen LogP contribution >= 0.6 is 0 Å². The van der Waals surface area contributed by atoms with Crippen LogP contribution in [0.15, 0.2) is 164 Å². The van der Waals surface area contributed by atoms with Gasteiger partial charge < -0.3 is 13.4 Å². The number of aromatic nitrogens is 3. The molecule has 0 aliphatic heterocycles. The Bertz CT molecular complexity index is 3680. The average molecular weight is 699 g/mol. The lowest BCUT2D eigenvalue weighted by Gasteiger charge is -2.28. The summed E-state index contributed by atoms with van der Waals surface area (Å²) in [5.41, 5.74) is 17.1. The smallest absolute Gasteiger partial charge is 0.0999 e. The first-order valence-corrected chi connectivity index (χ1v) is 18.9. The van der Waals surface area contributed by atoms with Crippen LogP contribution in [0.1, 0.15) is 29.2 Å². The molecule has 1 unspecified atom stereocenters. The van der Waals surface area contributed by atoms with E-state index in [1.807, 2.05) is 6.07 Å². The van der Waals surface area contributed by atoms with Gasteiger partial charge in [0.25, 0.3) is 0 Å². The Balaban J connectivity index is 1.18. The van der Waals surface area contributed by atoms with Gasteiger partial charge in [-0.05, 0) is 89.3 Å². The SMILES string of the molecule is CC1(c2ccccc2)c2ccccc2-c2ccc(-n3c4ccccc4c4cc5c6c(C#N)ccc7c6n(c5cc43)c3cccc4c5ccccc5n7c43)cc21. The molecule has 0 spiro atoms. The summed E-state index contributed by atoms with van der Waals surface area (Å²) in [6.07, 6.45) is 0. The Kier molecular flexibility index (Phi) is 5.29. The normalized spacial score (nSPS) is 15.4. The quantitative estimate of drug-likeness (QED) is 0.166. The van der Waals surface area contributed by atoms with Crippen LogP contribution < -0.4 is 0 Å². The summed E-state index contributed by atoms with van der Waals surface area (Å²) in [6.45, 7) is 2.38. The molecular formula is C51H30N4. The minimum absolute atomic E-state index is 0.306. The van der Waals surface area contributed by atoms with Crippen molar-refractivity contribution in [2.75, 3.05) is 0 Å². The number of fused-ring (bicyclic) bond motifs is 14. The first kappa shape index (κ1) is 29.1. The third-order valence-electron chi connectivity index (χ3n) is 12.9. The molecule has 0 fully saturated rings. The molecule has 254 valence electrons. The molecule has 1 aliphatic carbocycles. The highest BCUT2D eigenvalue weighted by atomic mass is 15.0. The molecular weight excluding hydrogens is 669 g/mol. The lowest BCUT2D eigenvalue weighted by molar-refractivity contribution is 0.713. The largest absolute Gasteiger partial charge is 0.309 e. The number of hydrogen-bond acceptors (Lipinski definition) is 1. The van der Waals surface area contributed by atoms with Gasteiger partial charge in [0.15, 0.2) is 0 Å². The fraction of sp³-hybridized carbons (Fsp3) is 0.0392. The van der Waals surface area contributed by atoms with Crippen molar-refractivity contribution < 1.29 is 0 Å². The van der Waals surface area contributed by atoms with Crippen LogP contribution in [-0.2, 0) is 5.41 Å². The Hall–Kier alpha value is -7.35. The van der Waals surface area contributed by atoms with Gasteiger partial charge in [0.05, 0.1) is 55.8 Å². The lowest BCUT2D eigenvalue weighted by atomic mass is 9.74. The first-order chi connectivity index (χ1) is 27.1. The van der Waals surface area contributed by atoms with Gasteiger partial charge in [-0.1, -0.05) is 109 Å². The lowest BCUT2D eigenvalue weighted by Crippen LogP contribution is -2.22. The van der Waals surface area contributed by atoms with Gasteiger partial charge in [-0.25, -0.2) is 0 Å². The van der Waals surface area contributed by atoms with Crippen LogP contribution in [0, 0.1) is 11.3 Å². The monoisotopic (exact) mass is 698 g/mol. The van der Waals surface area contributed by atoms with E-state index in [1.54, 1.807) is 0 Å². The molecule has 0 N–H and O–H groups in total. The van der Waals surface area contributed by atoms with Gasteiger partial charge >= 0.3 is 0 Å². The van der Waals surface area contributed by atoms with Crippen LogP contribution in [0.25, 0.3) is 93.3 Å². The molecule has 0 amide bonds. The molecule has 1 atom stereocenters. The summed E-state index contributed by atoms with van der Waals surface area (Å²) in [5, 5.41) is 17.5. The van der Waals surface area contributed by atoms with E-state index in [0.717, 1.165) is 49.6 Å². The summed E-state index contributed by atoms with van der Waals surface area (Å²) in [6, 6.07) is 62.4. The zero-order valence-electron chi connectivity index (χ0n) is 29.9. The van der Waals surface area contributed by atoms with Crippen LogP contribution in [0.3, 0.4) is 0 Å². The van der Waals surface area contributed by atoms with E-state index >= 15 is 0 Å². The number of para-hydroxylation sites is 3. The fourth-order valence-corrected chi connectivity index (χ4v) is 10.5. The Morgan fingerprint density at radius 3 is 1.98 bits per heavy atom. The van der Waals surface area contributed by atoms with Crippen molar-refractivity contribution in [3.8, 4) is 22.9 Å². The third-order valence-corrected chi connectivity index (χ3v) is 12.9. The maximum atomic E-state index is 10.6. The molecule has 13 rings (SSSR count). The Labute approximate surface area is 315 Å². The van der Waals surface area contributed by atoms with Gasteiger partial charge in [-0.3, -0.25) is 0 Å². The number of hydrogen-bond donors (Lipinski definition) is 0. The number of nitriles is 1. The molecule has 8 aromatic carbocycles. The van der Waals surface area contributed by atoms with Crippen LogP contribution in [0.2, 0.25) is 0 Å². The highest BCUT2D eigenvalue weighted by Gasteiger charge is 2.41. The maximum absolute atomic E-state index is 10.6. The van der Waals surface area contributed by atoms with Crippen molar-refractivity contribution in [1.82, 2.24) is 13.4 Å². The van der Waals surface area contributed by atoms with Gasteiger partial charge in [-0.2, -0.15) is 5.26 Å². The minimum Gasteiger partial charge on any atom is -0.309 e. The number of rotatable bonds is 2. The molecule has 1 aliphatic rings. The molecule has 4 nitrogen and oxygen atoms in total. The molecule has 0 bridgehead atoms. The van der Waals surface area contributed by atoms with E-state index in [9.17, 15) is 5.26 Å². The van der Waals surface area contributed by atoms with E-state index in [0.29, 0.717) is 5.56 Å². The second-order valence-electron chi connectivity index (χ2n) is 15.3. The summed E-state index contributed by atoms with van der Waals surface area (Å²) < 4.78 is 7.29. The predicted molar refractivity (Wildman–Crippen MR) is 226 cm³/mol. The van der Waals surface area contributed by atoms with Crippen molar-refractivity contribution >= 4 is 76.5 Å². The van der Waals surface area contributed by atoms with E-state index in [2.05, 4.69) is 184 Å². The molecule has 12 aromatic rings. The molecule has 4 heterocycles. The van der Waals surface area contributed by atoms with Crippen molar-refractivity contribution in [3.05, 3.63) is 186 Å². The summed E-state index contributed by atoms with van der Waals surface area (Å²) >= 11 is 0. The fourth-order valence-electron chi connectivity index (χ4n) is 10.5. The topological polar surface area (TPSA) is 37.5 Å². The van der Waals surface area contributed by atoms with Crippen molar-refractivity contribution in [2.45, 2.75) is 12.3 Å². The van der Waals surface area contributed by atoms with E-state index in [-0.39, 0.29) is 5.41 Å².